The zero-order chi connectivity index (χ0) is 45.4. The Kier molecular flexibility index (Phi) is 13.9. The number of amides is 1. The summed E-state index contributed by atoms with van der Waals surface area (Å²) in [5.41, 5.74) is 4.34. The van der Waals surface area contributed by atoms with E-state index in [2.05, 4.69) is 58.0 Å². The van der Waals surface area contributed by atoms with Crippen molar-refractivity contribution >= 4 is 41.7 Å². The fourth-order valence-electron chi connectivity index (χ4n) is 9.93. The van der Waals surface area contributed by atoms with E-state index >= 15 is 8.78 Å². The number of benzene rings is 2. The molecule has 3 unspecified atom stereocenters. The summed E-state index contributed by atoms with van der Waals surface area (Å²) in [6, 6.07) is 6.21. The highest BCUT2D eigenvalue weighted by molar-refractivity contribution is 6.90. The van der Waals surface area contributed by atoms with Crippen LogP contribution < -0.4 is 14.4 Å². The molecular formula is C48H63F2N5O7Si. The molecule has 3 aliphatic rings. The van der Waals surface area contributed by atoms with E-state index in [1.807, 2.05) is 36.6 Å². The summed E-state index contributed by atoms with van der Waals surface area (Å²) in [4.78, 5) is 31.5. The molecule has 2 aromatic heterocycles. The maximum Gasteiger partial charge on any atom is 0.410 e. The van der Waals surface area contributed by atoms with E-state index in [1.54, 1.807) is 18.3 Å². The number of methoxy groups -OCH3 is 2. The molecule has 2 bridgehead atoms. The van der Waals surface area contributed by atoms with Crippen LogP contribution in [0, 0.1) is 23.1 Å². The number of hydrogen-bond acceptors (Lipinski definition) is 11. The molecule has 0 N–H and O–H groups in total. The van der Waals surface area contributed by atoms with Gasteiger partial charge in [0.15, 0.2) is 18.4 Å². The molecular weight excluding hydrogens is 825 g/mol. The van der Waals surface area contributed by atoms with Crippen LogP contribution in [0.15, 0.2) is 30.5 Å². The second-order valence-electron chi connectivity index (χ2n) is 19.0. The third kappa shape index (κ3) is 9.46. The van der Waals surface area contributed by atoms with Crippen LogP contribution in [0.4, 0.5) is 19.4 Å². The van der Waals surface area contributed by atoms with Crippen LogP contribution in [0.3, 0.4) is 0 Å². The monoisotopic (exact) mass is 887 g/mol. The van der Waals surface area contributed by atoms with E-state index in [4.69, 9.17) is 38.4 Å². The molecule has 0 saturated carbocycles. The minimum atomic E-state index is -2.32. The van der Waals surface area contributed by atoms with Crippen LogP contribution in [-0.4, -0.2) is 105 Å². The summed E-state index contributed by atoms with van der Waals surface area (Å²) in [6.45, 7) is 20.2. The van der Waals surface area contributed by atoms with Crippen molar-refractivity contribution in [1.82, 2.24) is 19.9 Å². The predicted octanol–water partition coefficient (Wildman–Crippen LogP) is 10.2. The van der Waals surface area contributed by atoms with Crippen molar-refractivity contribution in [2.45, 2.75) is 141 Å². The molecule has 4 aromatic rings. The zero-order valence-electron chi connectivity index (χ0n) is 38.6. The fourth-order valence-corrected chi connectivity index (χ4v) is 15.1. The van der Waals surface area contributed by atoms with Gasteiger partial charge in [-0.25, -0.2) is 13.6 Å². The van der Waals surface area contributed by atoms with Gasteiger partial charge in [0.1, 0.15) is 48.9 Å². The van der Waals surface area contributed by atoms with Crippen LogP contribution in [-0.2, 0) is 18.9 Å². The molecule has 2 aromatic carbocycles. The van der Waals surface area contributed by atoms with Gasteiger partial charge in [0.2, 0.25) is 0 Å². The smallest absolute Gasteiger partial charge is 0.410 e. The molecule has 3 saturated heterocycles. The average Bonchev–Trinajstić information content (AvgIpc) is 3.50. The lowest BCUT2D eigenvalue weighted by Gasteiger charge is -2.42. The molecule has 1 amide bonds. The van der Waals surface area contributed by atoms with Crippen LogP contribution >= 0.6 is 0 Å². The summed E-state index contributed by atoms with van der Waals surface area (Å²) in [5, 5.41) is 1.39. The van der Waals surface area contributed by atoms with Gasteiger partial charge in [-0.15, -0.1) is 5.54 Å². The van der Waals surface area contributed by atoms with Crippen LogP contribution in [0.25, 0.3) is 32.9 Å². The second kappa shape index (κ2) is 18.8. The van der Waals surface area contributed by atoms with Crippen molar-refractivity contribution in [2.75, 3.05) is 45.4 Å². The number of fused-ring (bicyclic) bond motifs is 4. The van der Waals surface area contributed by atoms with Crippen molar-refractivity contribution < 1.29 is 42.0 Å². The summed E-state index contributed by atoms with van der Waals surface area (Å²) < 4.78 is 69.1. The lowest BCUT2D eigenvalue weighted by Crippen LogP contribution is -2.57. The Morgan fingerprint density at radius 2 is 1.63 bits per heavy atom. The Morgan fingerprint density at radius 3 is 2.24 bits per heavy atom. The van der Waals surface area contributed by atoms with E-state index in [-0.39, 0.29) is 47.6 Å². The van der Waals surface area contributed by atoms with Crippen molar-refractivity contribution in [3.63, 3.8) is 0 Å². The van der Waals surface area contributed by atoms with Crippen LogP contribution in [0.5, 0.6) is 11.8 Å². The number of pyridine rings is 1. The summed E-state index contributed by atoms with van der Waals surface area (Å²) >= 11 is 0. The second-order valence-corrected chi connectivity index (χ2v) is 24.5. The van der Waals surface area contributed by atoms with Gasteiger partial charge in [-0.3, -0.25) is 9.88 Å². The van der Waals surface area contributed by atoms with Gasteiger partial charge in [0, 0.05) is 50.9 Å². The molecule has 15 heteroatoms. The third-order valence-corrected chi connectivity index (χ3v) is 19.2. The molecule has 7 rings (SSSR count). The van der Waals surface area contributed by atoms with E-state index < -0.39 is 37.9 Å². The van der Waals surface area contributed by atoms with Gasteiger partial charge in [-0.05, 0) is 86.7 Å². The van der Waals surface area contributed by atoms with Crippen molar-refractivity contribution in [1.29, 1.82) is 0 Å². The van der Waals surface area contributed by atoms with E-state index in [0.717, 1.165) is 25.7 Å². The number of carbonyl (C=O) groups is 1. The van der Waals surface area contributed by atoms with Gasteiger partial charge < -0.3 is 33.3 Å². The SMILES string of the molecule is COC(COc1nc(N2CC3CCC(C2)N3C(=O)OC(C)(C)C)c2cnc(-c3cc(OC4CCCCO4)cc4ccc(F)c(C#C[Si](C(C)C)(C(C)C)C(C)C)c34)c(F)c2n1)OC. The molecule has 12 nitrogen and oxygen atoms in total. The van der Waals surface area contributed by atoms with Gasteiger partial charge >= 0.3 is 12.1 Å². The van der Waals surface area contributed by atoms with Crippen LogP contribution in [0.1, 0.15) is 100.0 Å². The Labute approximate surface area is 371 Å². The number of piperazine rings is 1. The van der Waals surface area contributed by atoms with Gasteiger partial charge in [0.05, 0.1) is 29.6 Å². The molecule has 0 aliphatic carbocycles. The first-order valence-electron chi connectivity index (χ1n) is 22.3. The first kappa shape index (κ1) is 46.4. The number of hydrogen-bond donors (Lipinski definition) is 0. The van der Waals surface area contributed by atoms with Crippen LogP contribution in [0.2, 0.25) is 16.6 Å². The van der Waals surface area contributed by atoms with E-state index in [0.29, 0.717) is 76.0 Å². The lowest BCUT2D eigenvalue weighted by molar-refractivity contribution is -0.123. The van der Waals surface area contributed by atoms with Crippen molar-refractivity contribution in [3.05, 3.63) is 47.7 Å². The number of anilines is 1. The van der Waals surface area contributed by atoms with E-state index in [9.17, 15) is 4.79 Å². The minimum absolute atomic E-state index is 0.0433. The predicted molar refractivity (Wildman–Crippen MR) is 243 cm³/mol. The van der Waals surface area contributed by atoms with Crippen molar-refractivity contribution in [2.24, 2.45) is 0 Å². The number of carbonyl (C=O) groups excluding carboxylic acids is 1. The number of aromatic nitrogens is 3. The standard InChI is InChI=1S/C48H63F2N5O7Si/c1-28(2)63(29(3)4,30(5)6)21-19-35-38(49)18-15-31-22-34(61-39-14-12-13-20-59-39)23-36(41(31)35)43-42(50)44-37(24-51-43)45(53-46(52-44)60-27-40(57-10)58-11)54-25-32-16-17-33(26-54)55(32)47(56)62-48(7,8)9/h15,18,22-24,28-30,32-33,39-40H,12-14,16-17,20,25-27H2,1-11H3. The highest BCUT2D eigenvalue weighted by Gasteiger charge is 2.45. The van der Waals surface area contributed by atoms with Gasteiger partial charge in [0.25, 0.3) is 0 Å². The number of ether oxygens (including phenoxy) is 6. The Bertz CT molecular complexity index is 2340. The number of nitrogens with zero attached hydrogens (tertiary/aromatic N) is 5. The average molecular weight is 888 g/mol. The Morgan fingerprint density at radius 1 is 0.952 bits per heavy atom. The molecule has 3 fully saturated rings. The highest BCUT2D eigenvalue weighted by atomic mass is 28.3. The first-order valence-corrected chi connectivity index (χ1v) is 24.6. The summed E-state index contributed by atoms with van der Waals surface area (Å²) in [5.74, 6) is 2.94. The molecule has 3 aliphatic heterocycles. The Hall–Kier alpha value is -4.62. The number of halogens is 2. The topological polar surface area (TPSA) is 118 Å². The minimum Gasteiger partial charge on any atom is -0.465 e. The third-order valence-electron chi connectivity index (χ3n) is 12.9. The zero-order valence-corrected chi connectivity index (χ0v) is 39.6. The fraction of sp³-hybridized carbons (Fsp3) is 0.583. The van der Waals surface area contributed by atoms with Gasteiger partial charge in [-0.1, -0.05) is 53.5 Å². The maximum absolute atomic E-state index is 17.8. The summed E-state index contributed by atoms with van der Waals surface area (Å²) in [6.07, 6.45) is 4.13. The van der Waals surface area contributed by atoms with Crippen molar-refractivity contribution in [3.8, 4) is 34.5 Å². The molecule has 0 radical (unpaired) electrons. The normalized spacial score (nSPS) is 19.4. The molecule has 63 heavy (non-hydrogen) atoms. The maximum atomic E-state index is 17.8. The van der Waals surface area contributed by atoms with Gasteiger partial charge in [-0.2, -0.15) is 9.97 Å². The lowest BCUT2D eigenvalue weighted by atomic mass is 9.95. The molecule has 5 heterocycles. The molecule has 0 spiro atoms. The first-order chi connectivity index (χ1) is 29.9. The van der Waals surface area contributed by atoms with E-state index in [1.165, 1.54) is 20.3 Å². The highest BCUT2D eigenvalue weighted by Crippen LogP contribution is 2.43. The molecule has 3 atom stereocenters. The summed E-state index contributed by atoms with van der Waals surface area (Å²) in [7, 11) is 0.653. The molecule has 340 valence electrons. The number of rotatable bonds is 12. The largest absolute Gasteiger partial charge is 0.465 e. The Balaban J connectivity index is 1.41. The quantitative estimate of drug-likeness (QED) is 0.0769.